The van der Waals surface area contributed by atoms with Crippen molar-refractivity contribution in [3.05, 3.63) is 138 Å². The summed E-state index contributed by atoms with van der Waals surface area (Å²) in [6.45, 7) is 2.44. The molecule has 1 heterocycles. The summed E-state index contributed by atoms with van der Waals surface area (Å²) in [4.78, 5) is 12.9. The second-order valence-electron chi connectivity index (χ2n) is 9.00. The van der Waals surface area contributed by atoms with E-state index in [0.29, 0.717) is 23.6 Å². The molecule has 1 aromatic heterocycles. The number of nitrogens with one attached hydrogen (secondary N) is 1. The van der Waals surface area contributed by atoms with Gasteiger partial charge in [0.15, 0.2) is 0 Å². The molecular weight excluding hydrogens is 484 g/mol. The second-order valence-corrected chi connectivity index (χ2v) is 9.00. The Labute approximate surface area is 227 Å². The fraction of sp³-hybridized carbons (Fsp3) is 0.0606. The number of carbonyl (C=O) groups is 1. The first-order valence-electron chi connectivity index (χ1n) is 12.5. The van der Waals surface area contributed by atoms with Gasteiger partial charge in [-0.05, 0) is 67.1 Å². The minimum atomic E-state index is -0.482. The van der Waals surface area contributed by atoms with Crippen molar-refractivity contribution in [3.8, 4) is 28.8 Å². The average Bonchev–Trinajstić information content (AvgIpc) is 3.41. The van der Waals surface area contributed by atoms with Crippen molar-refractivity contribution in [2.45, 2.75) is 13.5 Å². The minimum Gasteiger partial charge on any atom is -0.489 e. The molecule has 6 nitrogen and oxygen atoms in total. The number of aryl methyl sites for hydroxylation is 1. The molecule has 190 valence electrons. The summed E-state index contributed by atoms with van der Waals surface area (Å²) in [5, 5.41) is 17.4. The number of carbonyl (C=O) groups excluding carboxylic acids is 1. The number of rotatable bonds is 8. The fourth-order valence-corrected chi connectivity index (χ4v) is 4.02. The van der Waals surface area contributed by atoms with Gasteiger partial charge in [0.05, 0.1) is 11.4 Å². The molecule has 0 unspecified atom stereocenters. The summed E-state index contributed by atoms with van der Waals surface area (Å²) < 4.78 is 7.68. The van der Waals surface area contributed by atoms with Crippen LogP contribution in [0.4, 0.5) is 5.69 Å². The van der Waals surface area contributed by atoms with Crippen LogP contribution in [0.3, 0.4) is 0 Å². The van der Waals surface area contributed by atoms with E-state index in [-0.39, 0.29) is 5.57 Å². The van der Waals surface area contributed by atoms with Crippen LogP contribution >= 0.6 is 0 Å². The first-order chi connectivity index (χ1) is 19.1. The monoisotopic (exact) mass is 510 g/mol. The van der Waals surface area contributed by atoms with Crippen LogP contribution in [-0.4, -0.2) is 15.7 Å². The predicted octanol–water partition coefficient (Wildman–Crippen LogP) is 6.97. The molecule has 0 radical (unpaired) electrons. The molecule has 0 bridgehead atoms. The van der Waals surface area contributed by atoms with Gasteiger partial charge in [-0.25, -0.2) is 4.68 Å². The van der Waals surface area contributed by atoms with E-state index in [1.165, 1.54) is 0 Å². The molecule has 0 saturated heterocycles. The Morgan fingerprint density at radius 2 is 1.59 bits per heavy atom. The third kappa shape index (κ3) is 6.30. The number of nitriles is 1. The van der Waals surface area contributed by atoms with Gasteiger partial charge >= 0.3 is 0 Å². The summed E-state index contributed by atoms with van der Waals surface area (Å²) in [6, 6.07) is 36.8. The van der Waals surface area contributed by atoms with Crippen molar-refractivity contribution in [2.24, 2.45) is 0 Å². The van der Waals surface area contributed by atoms with Crippen LogP contribution in [-0.2, 0) is 11.4 Å². The van der Waals surface area contributed by atoms with Gasteiger partial charge in [-0.1, -0.05) is 66.2 Å². The van der Waals surface area contributed by atoms with Gasteiger partial charge in [0.2, 0.25) is 0 Å². The highest BCUT2D eigenvalue weighted by atomic mass is 16.5. The molecule has 0 aliphatic carbocycles. The lowest BCUT2D eigenvalue weighted by atomic mass is 10.1. The van der Waals surface area contributed by atoms with E-state index >= 15 is 0 Å². The van der Waals surface area contributed by atoms with E-state index in [1.807, 2.05) is 128 Å². The summed E-state index contributed by atoms with van der Waals surface area (Å²) in [7, 11) is 0. The van der Waals surface area contributed by atoms with Crippen LogP contribution in [0.25, 0.3) is 23.0 Å². The molecular formula is C33H26N4O2. The van der Waals surface area contributed by atoms with Crippen LogP contribution in [0.15, 0.2) is 121 Å². The summed E-state index contributed by atoms with van der Waals surface area (Å²) in [5.41, 5.74) is 5.76. The highest BCUT2D eigenvalue weighted by Gasteiger charge is 2.16. The average molecular weight is 511 g/mol. The SMILES string of the molecule is Cc1ccc(NC(=O)/C(C#N)=C\c2cn(-c3ccccc3)nc2-c2ccc(OCc3ccccc3)cc2)cc1. The van der Waals surface area contributed by atoms with Crippen molar-refractivity contribution in [1.82, 2.24) is 9.78 Å². The van der Waals surface area contributed by atoms with Gasteiger partial charge in [0.1, 0.15) is 24.0 Å². The maximum absolute atomic E-state index is 12.9. The molecule has 0 saturated carbocycles. The van der Waals surface area contributed by atoms with Crippen molar-refractivity contribution in [1.29, 1.82) is 5.26 Å². The van der Waals surface area contributed by atoms with Crippen LogP contribution in [0.5, 0.6) is 5.75 Å². The number of hydrogen-bond donors (Lipinski definition) is 1. The van der Waals surface area contributed by atoms with Crippen molar-refractivity contribution in [2.75, 3.05) is 5.32 Å². The van der Waals surface area contributed by atoms with Gasteiger partial charge < -0.3 is 10.1 Å². The molecule has 5 aromatic rings. The summed E-state index contributed by atoms with van der Waals surface area (Å²) in [5.74, 6) is 0.252. The van der Waals surface area contributed by atoms with Crippen LogP contribution in [0, 0.1) is 18.3 Å². The van der Waals surface area contributed by atoms with E-state index in [0.717, 1.165) is 28.1 Å². The maximum atomic E-state index is 12.9. The van der Waals surface area contributed by atoms with Gasteiger partial charge in [0.25, 0.3) is 5.91 Å². The molecule has 0 spiro atoms. The third-order valence-electron chi connectivity index (χ3n) is 6.11. The first-order valence-corrected chi connectivity index (χ1v) is 12.5. The number of benzene rings is 4. The quantitative estimate of drug-likeness (QED) is 0.181. The second kappa shape index (κ2) is 11.8. The van der Waals surface area contributed by atoms with Crippen molar-refractivity contribution >= 4 is 17.7 Å². The smallest absolute Gasteiger partial charge is 0.266 e. The lowest BCUT2D eigenvalue weighted by Crippen LogP contribution is -2.13. The molecule has 0 fully saturated rings. The Balaban J connectivity index is 1.44. The predicted molar refractivity (Wildman–Crippen MR) is 153 cm³/mol. The molecule has 0 atom stereocenters. The van der Waals surface area contributed by atoms with E-state index < -0.39 is 5.91 Å². The zero-order valence-corrected chi connectivity index (χ0v) is 21.4. The maximum Gasteiger partial charge on any atom is 0.266 e. The van der Waals surface area contributed by atoms with Gasteiger partial charge in [-0.15, -0.1) is 0 Å². The Kier molecular flexibility index (Phi) is 7.61. The van der Waals surface area contributed by atoms with E-state index in [1.54, 1.807) is 10.8 Å². The zero-order chi connectivity index (χ0) is 27.0. The molecule has 4 aromatic carbocycles. The Bertz CT molecular complexity index is 1630. The molecule has 1 N–H and O–H groups in total. The molecule has 0 aliphatic heterocycles. The number of nitrogens with zero attached hydrogens (tertiary/aromatic N) is 3. The number of anilines is 1. The number of hydrogen-bond acceptors (Lipinski definition) is 4. The summed E-state index contributed by atoms with van der Waals surface area (Å²) in [6.07, 6.45) is 3.39. The normalized spacial score (nSPS) is 11.0. The first kappa shape index (κ1) is 25.2. The van der Waals surface area contributed by atoms with Crippen LogP contribution in [0.2, 0.25) is 0 Å². The number of para-hydroxylation sites is 1. The Hall–Kier alpha value is -5.41. The topological polar surface area (TPSA) is 79.9 Å². The van der Waals surface area contributed by atoms with E-state index in [9.17, 15) is 10.1 Å². The van der Waals surface area contributed by atoms with Crippen LogP contribution in [0.1, 0.15) is 16.7 Å². The minimum absolute atomic E-state index is 0.0211. The standard InChI is InChI=1S/C33H26N4O2/c1-24-12-16-29(17-13-24)35-33(38)27(21-34)20-28-22-37(30-10-6-3-7-11-30)36-32(28)26-14-18-31(19-15-26)39-23-25-8-4-2-5-9-25/h2-20,22H,23H2,1H3,(H,35,38)/b27-20-. The lowest BCUT2D eigenvalue weighted by Gasteiger charge is -2.07. The van der Waals surface area contributed by atoms with Crippen molar-refractivity contribution in [3.63, 3.8) is 0 Å². The molecule has 0 aliphatic rings. The molecule has 39 heavy (non-hydrogen) atoms. The molecule has 1 amide bonds. The molecule has 6 heteroatoms. The van der Waals surface area contributed by atoms with Gasteiger partial charge in [-0.2, -0.15) is 10.4 Å². The zero-order valence-electron chi connectivity index (χ0n) is 21.4. The number of aromatic nitrogens is 2. The highest BCUT2D eigenvalue weighted by molar-refractivity contribution is 6.10. The van der Waals surface area contributed by atoms with E-state index in [2.05, 4.69) is 5.32 Å². The fourth-order valence-electron chi connectivity index (χ4n) is 4.02. The lowest BCUT2D eigenvalue weighted by molar-refractivity contribution is -0.112. The number of amides is 1. The van der Waals surface area contributed by atoms with E-state index in [4.69, 9.17) is 9.84 Å². The van der Waals surface area contributed by atoms with Crippen LogP contribution < -0.4 is 10.1 Å². The van der Waals surface area contributed by atoms with Gasteiger partial charge in [0, 0.05) is 23.0 Å². The number of ether oxygens (including phenoxy) is 1. The third-order valence-corrected chi connectivity index (χ3v) is 6.11. The Morgan fingerprint density at radius 1 is 0.923 bits per heavy atom. The highest BCUT2D eigenvalue weighted by Crippen LogP contribution is 2.28. The van der Waals surface area contributed by atoms with Gasteiger partial charge in [-0.3, -0.25) is 4.79 Å². The van der Waals surface area contributed by atoms with Crippen molar-refractivity contribution < 1.29 is 9.53 Å². The summed E-state index contributed by atoms with van der Waals surface area (Å²) >= 11 is 0. The largest absolute Gasteiger partial charge is 0.489 e. The molecule has 5 rings (SSSR count). The Morgan fingerprint density at radius 3 is 2.26 bits per heavy atom.